The molecule has 0 spiro atoms. The second-order valence-electron chi connectivity index (χ2n) is 6.27. The molecular formula is C16H28ClN3. The number of aryl methyl sites for hydroxylation is 2. The summed E-state index contributed by atoms with van der Waals surface area (Å²) in [6.45, 7) is 4.38. The summed E-state index contributed by atoms with van der Waals surface area (Å²) in [5.41, 5.74) is 2.28. The van der Waals surface area contributed by atoms with Crippen molar-refractivity contribution < 1.29 is 0 Å². The van der Waals surface area contributed by atoms with Gasteiger partial charge < -0.3 is 5.32 Å². The van der Waals surface area contributed by atoms with E-state index in [1.54, 1.807) is 4.68 Å². The summed E-state index contributed by atoms with van der Waals surface area (Å²) in [5, 5.41) is 8.74. The molecule has 1 heterocycles. The number of hydrogen-bond donors (Lipinski definition) is 1. The lowest BCUT2D eigenvalue weighted by molar-refractivity contribution is 0.222. The second-order valence-corrected chi connectivity index (χ2v) is 6.62. The van der Waals surface area contributed by atoms with Crippen LogP contribution in [0.25, 0.3) is 0 Å². The molecule has 1 aromatic rings. The third-order valence-electron chi connectivity index (χ3n) is 5.10. The minimum Gasteiger partial charge on any atom is -0.316 e. The van der Waals surface area contributed by atoms with E-state index < -0.39 is 0 Å². The third kappa shape index (κ3) is 3.37. The average Bonchev–Trinajstić information content (AvgIpc) is 2.70. The number of rotatable bonds is 5. The maximum Gasteiger partial charge on any atom is 0.130 e. The number of halogens is 1. The van der Waals surface area contributed by atoms with Crippen molar-refractivity contribution in [1.29, 1.82) is 0 Å². The van der Waals surface area contributed by atoms with Crippen molar-refractivity contribution in [3.8, 4) is 0 Å². The Bertz CT molecular complexity index is 433. The van der Waals surface area contributed by atoms with Gasteiger partial charge in [-0.2, -0.15) is 5.10 Å². The molecule has 2 rings (SSSR count). The highest BCUT2D eigenvalue weighted by Gasteiger charge is 2.27. The van der Waals surface area contributed by atoms with E-state index in [0.29, 0.717) is 6.04 Å². The molecule has 1 aliphatic rings. The fourth-order valence-electron chi connectivity index (χ4n) is 3.63. The molecular weight excluding hydrogens is 270 g/mol. The summed E-state index contributed by atoms with van der Waals surface area (Å²) in [5.74, 6) is 1.73. The van der Waals surface area contributed by atoms with Crippen molar-refractivity contribution in [2.24, 2.45) is 18.9 Å². The van der Waals surface area contributed by atoms with Gasteiger partial charge >= 0.3 is 0 Å². The Kier molecular flexibility index (Phi) is 5.50. The van der Waals surface area contributed by atoms with E-state index in [1.165, 1.54) is 37.7 Å². The minimum absolute atomic E-state index is 0.521. The number of aromatic nitrogens is 2. The molecule has 1 saturated carbocycles. The number of hydrogen-bond acceptors (Lipinski definition) is 2. The van der Waals surface area contributed by atoms with E-state index in [9.17, 15) is 0 Å². The Morgan fingerprint density at radius 1 is 1.35 bits per heavy atom. The zero-order chi connectivity index (χ0) is 14.7. The molecule has 0 radical (unpaired) electrons. The van der Waals surface area contributed by atoms with Gasteiger partial charge in [0, 0.05) is 18.7 Å². The molecule has 1 aromatic heterocycles. The molecule has 3 nitrogen and oxygen atoms in total. The molecule has 4 heteroatoms. The van der Waals surface area contributed by atoms with Gasteiger partial charge in [0.2, 0.25) is 0 Å². The van der Waals surface area contributed by atoms with Crippen LogP contribution >= 0.6 is 11.6 Å². The molecule has 0 saturated heterocycles. The van der Waals surface area contributed by atoms with E-state index in [4.69, 9.17) is 11.6 Å². The van der Waals surface area contributed by atoms with E-state index in [2.05, 4.69) is 31.3 Å². The van der Waals surface area contributed by atoms with Crippen LogP contribution in [0.1, 0.15) is 50.3 Å². The van der Waals surface area contributed by atoms with Crippen LogP contribution in [0.15, 0.2) is 0 Å². The molecule has 1 fully saturated rings. The highest BCUT2D eigenvalue weighted by atomic mass is 35.5. The molecule has 1 atom stereocenters. The molecule has 0 aromatic carbocycles. The van der Waals surface area contributed by atoms with Crippen molar-refractivity contribution in [1.82, 2.24) is 15.1 Å². The van der Waals surface area contributed by atoms with Crippen LogP contribution in [0.4, 0.5) is 0 Å². The fourth-order valence-corrected chi connectivity index (χ4v) is 3.88. The first-order chi connectivity index (χ1) is 9.56. The Hall–Kier alpha value is -0.540. The molecule has 114 valence electrons. The zero-order valence-corrected chi connectivity index (χ0v) is 14.0. The lowest BCUT2D eigenvalue weighted by atomic mass is 9.76. The number of nitrogens with zero attached hydrogens (tertiary/aromatic N) is 2. The van der Waals surface area contributed by atoms with Crippen molar-refractivity contribution >= 4 is 11.6 Å². The number of likely N-dealkylation sites (N-methyl/N-ethyl adjacent to an activating group) is 1. The molecule has 0 bridgehead atoms. The fraction of sp³-hybridized carbons (Fsp3) is 0.812. The number of nitrogens with one attached hydrogen (secondary N) is 1. The van der Waals surface area contributed by atoms with Crippen molar-refractivity contribution in [2.75, 3.05) is 7.05 Å². The van der Waals surface area contributed by atoms with Crippen molar-refractivity contribution in [3.63, 3.8) is 0 Å². The maximum absolute atomic E-state index is 6.37. The Morgan fingerprint density at radius 2 is 2.00 bits per heavy atom. The van der Waals surface area contributed by atoms with Crippen LogP contribution in [0, 0.1) is 18.8 Å². The average molecular weight is 298 g/mol. The van der Waals surface area contributed by atoms with E-state index in [-0.39, 0.29) is 0 Å². The van der Waals surface area contributed by atoms with Crippen LogP contribution < -0.4 is 5.32 Å². The molecule has 0 aliphatic heterocycles. The van der Waals surface area contributed by atoms with E-state index in [1.807, 2.05) is 7.05 Å². The van der Waals surface area contributed by atoms with Crippen LogP contribution in [0.2, 0.25) is 5.15 Å². The second kappa shape index (κ2) is 6.95. The first-order valence-electron chi connectivity index (χ1n) is 7.92. The molecule has 1 unspecified atom stereocenters. The van der Waals surface area contributed by atoms with Crippen LogP contribution in [-0.4, -0.2) is 22.9 Å². The van der Waals surface area contributed by atoms with Gasteiger partial charge in [-0.15, -0.1) is 0 Å². The smallest absolute Gasteiger partial charge is 0.130 e. The van der Waals surface area contributed by atoms with Gasteiger partial charge in [0.25, 0.3) is 0 Å². The van der Waals surface area contributed by atoms with Crippen molar-refractivity contribution in [2.45, 2.75) is 58.4 Å². The third-order valence-corrected chi connectivity index (χ3v) is 5.58. The predicted molar refractivity (Wildman–Crippen MR) is 85.2 cm³/mol. The Labute approximate surface area is 128 Å². The van der Waals surface area contributed by atoms with Gasteiger partial charge in [-0.1, -0.05) is 37.8 Å². The van der Waals surface area contributed by atoms with Gasteiger partial charge in [-0.3, -0.25) is 4.68 Å². The topological polar surface area (TPSA) is 29.9 Å². The quantitative estimate of drug-likeness (QED) is 0.897. The van der Waals surface area contributed by atoms with E-state index in [0.717, 1.165) is 29.1 Å². The zero-order valence-electron chi connectivity index (χ0n) is 13.2. The summed E-state index contributed by atoms with van der Waals surface area (Å²) < 4.78 is 1.78. The first-order valence-corrected chi connectivity index (χ1v) is 8.29. The Balaban J connectivity index is 2.02. The standard InChI is InChI=1S/C16H28ClN3/c1-5-12-6-8-13(9-7-12)15(18-3)10-14-11(2)19-20(4)16(14)17/h12-13,15,18H,5-10H2,1-4H3. The summed E-state index contributed by atoms with van der Waals surface area (Å²) in [6.07, 6.45) is 7.81. The van der Waals surface area contributed by atoms with Gasteiger partial charge in [0.05, 0.1) is 5.69 Å². The Morgan fingerprint density at radius 3 is 2.45 bits per heavy atom. The first kappa shape index (κ1) is 15.8. The summed E-state index contributed by atoms with van der Waals surface area (Å²) in [6, 6.07) is 0.521. The monoisotopic (exact) mass is 297 g/mol. The highest BCUT2D eigenvalue weighted by molar-refractivity contribution is 6.30. The normalized spacial score (nSPS) is 24.9. The van der Waals surface area contributed by atoms with E-state index >= 15 is 0 Å². The lowest BCUT2D eigenvalue weighted by Gasteiger charge is -2.33. The van der Waals surface area contributed by atoms with Crippen LogP contribution in [0.3, 0.4) is 0 Å². The summed E-state index contributed by atoms with van der Waals surface area (Å²) in [7, 11) is 4.00. The highest BCUT2D eigenvalue weighted by Crippen LogP contribution is 2.34. The summed E-state index contributed by atoms with van der Waals surface area (Å²) in [4.78, 5) is 0. The SMILES string of the molecule is CCC1CCC(C(Cc2c(C)nn(C)c2Cl)NC)CC1. The van der Waals surface area contributed by atoms with Gasteiger partial charge in [-0.05, 0) is 45.1 Å². The largest absolute Gasteiger partial charge is 0.316 e. The van der Waals surface area contributed by atoms with Gasteiger partial charge in [0.1, 0.15) is 5.15 Å². The molecule has 1 aliphatic carbocycles. The molecule has 1 N–H and O–H groups in total. The van der Waals surface area contributed by atoms with Gasteiger partial charge in [0.15, 0.2) is 0 Å². The lowest BCUT2D eigenvalue weighted by Crippen LogP contribution is -2.37. The molecule has 0 amide bonds. The van der Waals surface area contributed by atoms with Crippen LogP contribution in [-0.2, 0) is 13.5 Å². The minimum atomic E-state index is 0.521. The molecule has 20 heavy (non-hydrogen) atoms. The maximum atomic E-state index is 6.37. The van der Waals surface area contributed by atoms with Crippen molar-refractivity contribution in [3.05, 3.63) is 16.4 Å². The summed E-state index contributed by atoms with van der Waals surface area (Å²) >= 11 is 6.37. The predicted octanol–water partition coefficient (Wildman–Crippen LogP) is 3.73. The van der Waals surface area contributed by atoms with Crippen LogP contribution in [0.5, 0.6) is 0 Å². The van der Waals surface area contributed by atoms with Gasteiger partial charge in [-0.25, -0.2) is 0 Å².